The minimum atomic E-state index is -0.00919. The summed E-state index contributed by atoms with van der Waals surface area (Å²) >= 11 is 0. The normalized spacial score (nSPS) is 18.7. The van der Waals surface area contributed by atoms with Crippen LogP contribution < -0.4 is 5.32 Å². The third-order valence-corrected chi connectivity index (χ3v) is 4.37. The highest BCUT2D eigenvalue weighted by Gasteiger charge is 2.26. The second-order valence-corrected chi connectivity index (χ2v) is 6.51. The van der Waals surface area contributed by atoms with Crippen LogP contribution in [0.3, 0.4) is 0 Å². The van der Waals surface area contributed by atoms with Gasteiger partial charge in [-0.2, -0.15) is 0 Å². The highest BCUT2D eigenvalue weighted by atomic mass is 16.2. The molecule has 1 amide bonds. The molecule has 1 atom stereocenters. The van der Waals surface area contributed by atoms with Crippen LogP contribution in [0.25, 0.3) is 0 Å². The van der Waals surface area contributed by atoms with E-state index in [1.807, 2.05) is 20.8 Å². The molecule has 1 fully saturated rings. The Morgan fingerprint density at radius 2 is 1.81 bits per heavy atom. The molecule has 1 N–H and O–H groups in total. The fourth-order valence-electron chi connectivity index (χ4n) is 3.06. The number of benzene rings is 1. The summed E-state index contributed by atoms with van der Waals surface area (Å²) in [6.45, 7) is 8.11. The van der Waals surface area contributed by atoms with Crippen LogP contribution >= 0.6 is 0 Å². The van der Waals surface area contributed by atoms with Crippen molar-refractivity contribution in [2.75, 3.05) is 13.1 Å². The lowest BCUT2D eigenvalue weighted by molar-refractivity contribution is -0.126. The molecule has 1 aromatic rings. The lowest BCUT2D eigenvalue weighted by atomic mass is 9.89. The lowest BCUT2D eigenvalue weighted by Gasteiger charge is -2.35. The van der Waals surface area contributed by atoms with Crippen LogP contribution in [0, 0.1) is 5.92 Å². The second kappa shape index (κ2) is 7.60. The Balaban J connectivity index is 1.79. The van der Waals surface area contributed by atoms with Gasteiger partial charge in [0.1, 0.15) is 0 Å². The molecule has 1 unspecified atom stereocenters. The predicted molar refractivity (Wildman–Crippen MR) is 87.2 cm³/mol. The average molecular weight is 288 g/mol. The van der Waals surface area contributed by atoms with Gasteiger partial charge in [-0.1, -0.05) is 30.3 Å². The average Bonchev–Trinajstić information content (AvgIpc) is 2.47. The van der Waals surface area contributed by atoms with Crippen molar-refractivity contribution in [2.24, 2.45) is 5.92 Å². The molecule has 1 heterocycles. The molecule has 21 heavy (non-hydrogen) atoms. The lowest BCUT2D eigenvalue weighted by Crippen LogP contribution is -2.49. The monoisotopic (exact) mass is 288 g/mol. The second-order valence-electron chi connectivity index (χ2n) is 6.51. The van der Waals surface area contributed by atoms with Crippen molar-refractivity contribution in [3.8, 4) is 0 Å². The third-order valence-electron chi connectivity index (χ3n) is 4.37. The maximum Gasteiger partial charge on any atom is 0.237 e. The first kappa shape index (κ1) is 16.0. The van der Waals surface area contributed by atoms with E-state index in [2.05, 4.69) is 40.5 Å². The van der Waals surface area contributed by atoms with Gasteiger partial charge in [0.2, 0.25) is 5.91 Å². The number of nitrogens with zero attached hydrogens (tertiary/aromatic N) is 1. The van der Waals surface area contributed by atoms with Gasteiger partial charge in [-0.25, -0.2) is 0 Å². The Morgan fingerprint density at radius 1 is 1.19 bits per heavy atom. The summed E-state index contributed by atoms with van der Waals surface area (Å²) in [7, 11) is 0. The highest BCUT2D eigenvalue weighted by molar-refractivity contribution is 5.81. The van der Waals surface area contributed by atoms with Gasteiger partial charge in [0, 0.05) is 6.04 Å². The van der Waals surface area contributed by atoms with Gasteiger partial charge in [-0.15, -0.1) is 0 Å². The molecule has 0 saturated carbocycles. The third kappa shape index (κ3) is 4.85. The smallest absolute Gasteiger partial charge is 0.237 e. The standard InChI is InChI=1S/C18H28N2O/c1-14(2)19-18(21)15(3)20-11-9-17(10-12-20)13-16-7-5-4-6-8-16/h4-8,14-15,17H,9-13H2,1-3H3,(H,19,21). The molecular weight excluding hydrogens is 260 g/mol. The summed E-state index contributed by atoms with van der Waals surface area (Å²) in [6, 6.07) is 10.9. The minimum absolute atomic E-state index is 0.00919. The highest BCUT2D eigenvalue weighted by Crippen LogP contribution is 2.22. The number of likely N-dealkylation sites (tertiary alicyclic amines) is 1. The molecule has 2 rings (SSSR count). The SMILES string of the molecule is CC(C)NC(=O)C(C)N1CCC(Cc2ccccc2)CC1. The Kier molecular flexibility index (Phi) is 5.80. The molecule has 0 aromatic heterocycles. The predicted octanol–water partition coefficient (Wildman–Crippen LogP) is 2.85. The van der Waals surface area contributed by atoms with Crippen LogP contribution in [0.4, 0.5) is 0 Å². The molecule has 0 radical (unpaired) electrons. The fraction of sp³-hybridized carbons (Fsp3) is 0.611. The van der Waals surface area contributed by atoms with Crippen molar-refractivity contribution in [1.82, 2.24) is 10.2 Å². The van der Waals surface area contributed by atoms with E-state index in [1.165, 1.54) is 24.8 Å². The Labute approximate surface area is 128 Å². The molecule has 116 valence electrons. The molecule has 1 aromatic carbocycles. The van der Waals surface area contributed by atoms with Crippen molar-refractivity contribution in [3.63, 3.8) is 0 Å². The minimum Gasteiger partial charge on any atom is -0.353 e. The van der Waals surface area contributed by atoms with E-state index in [1.54, 1.807) is 0 Å². The van der Waals surface area contributed by atoms with Crippen LogP contribution in [0.1, 0.15) is 39.2 Å². The molecule has 1 saturated heterocycles. The number of carbonyl (C=O) groups is 1. The van der Waals surface area contributed by atoms with Crippen molar-refractivity contribution >= 4 is 5.91 Å². The molecule has 3 heteroatoms. The molecule has 1 aliphatic heterocycles. The van der Waals surface area contributed by atoms with E-state index in [-0.39, 0.29) is 18.0 Å². The summed E-state index contributed by atoms with van der Waals surface area (Å²) < 4.78 is 0. The number of hydrogen-bond acceptors (Lipinski definition) is 2. The summed E-state index contributed by atoms with van der Waals surface area (Å²) in [5.41, 5.74) is 1.43. The first-order valence-corrected chi connectivity index (χ1v) is 8.14. The topological polar surface area (TPSA) is 32.3 Å². The number of amides is 1. The number of rotatable bonds is 5. The Hall–Kier alpha value is -1.35. The van der Waals surface area contributed by atoms with Crippen molar-refractivity contribution < 1.29 is 4.79 Å². The van der Waals surface area contributed by atoms with Crippen molar-refractivity contribution in [3.05, 3.63) is 35.9 Å². The molecule has 0 aliphatic carbocycles. The van der Waals surface area contributed by atoms with Gasteiger partial charge >= 0.3 is 0 Å². The van der Waals surface area contributed by atoms with Gasteiger partial charge in [-0.3, -0.25) is 9.69 Å². The number of hydrogen-bond donors (Lipinski definition) is 1. The van der Waals surface area contributed by atoms with E-state index in [4.69, 9.17) is 0 Å². The van der Waals surface area contributed by atoms with Gasteiger partial charge in [-0.05, 0) is 64.6 Å². The zero-order chi connectivity index (χ0) is 15.2. The zero-order valence-corrected chi connectivity index (χ0v) is 13.5. The van der Waals surface area contributed by atoms with Gasteiger partial charge in [0.25, 0.3) is 0 Å². The van der Waals surface area contributed by atoms with E-state index >= 15 is 0 Å². The van der Waals surface area contributed by atoms with E-state index < -0.39 is 0 Å². The maximum atomic E-state index is 12.1. The Morgan fingerprint density at radius 3 is 2.38 bits per heavy atom. The number of nitrogens with one attached hydrogen (secondary N) is 1. The van der Waals surface area contributed by atoms with E-state index in [0.29, 0.717) is 0 Å². The van der Waals surface area contributed by atoms with Crippen LogP contribution in [-0.4, -0.2) is 36.0 Å². The summed E-state index contributed by atoms with van der Waals surface area (Å²) in [5.74, 6) is 0.913. The maximum absolute atomic E-state index is 12.1. The summed E-state index contributed by atoms with van der Waals surface area (Å²) in [5, 5.41) is 3.01. The molecule has 1 aliphatic rings. The van der Waals surface area contributed by atoms with E-state index in [0.717, 1.165) is 19.0 Å². The molecule has 0 bridgehead atoms. The van der Waals surface area contributed by atoms with Gasteiger partial charge < -0.3 is 5.32 Å². The largest absolute Gasteiger partial charge is 0.353 e. The van der Waals surface area contributed by atoms with Crippen molar-refractivity contribution in [1.29, 1.82) is 0 Å². The number of piperidine rings is 1. The van der Waals surface area contributed by atoms with Gasteiger partial charge in [0.05, 0.1) is 6.04 Å². The molecule has 3 nitrogen and oxygen atoms in total. The fourth-order valence-corrected chi connectivity index (χ4v) is 3.06. The summed E-state index contributed by atoms with van der Waals surface area (Å²) in [6.07, 6.45) is 3.55. The van der Waals surface area contributed by atoms with Gasteiger partial charge in [0.15, 0.2) is 0 Å². The van der Waals surface area contributed by atoms with Crippen LogP contribution in [0.5, 0.6) is 0 Å². The summed E-state index contributed by atoms with van der Waals surface area (Å²) in [4.78, 5) is 14.4. The number of carbonyl (C=O) groups excluding carboxylic acids is 1. The Bertz CT molecular complexity index is 436. The van der Waals surface area contributed by atoms with Crippen molar-refractivity contribution in [2.45, 2.75) is 52.1 Å². The van der Waals surface area contributed by atoms with E-state index in [9.17, 15) is 4.79 Å². The van der Waals surface area contributed by atoms with Crippen LogP contribution in [0.15, 0.2) is 30.3 Å². The quantitative estimate of drug-likeness (QED) is 0.903. The van der Waals surface area contributed by atoms with Crippen LogP contribution in [0.2, 0.25) is 0 Å². The van der Waals surface area contributed by atoms with Crippen LogP contribution in [-0.2, 0) is 11.2 Å². The molecule has 0 spiro atoms. The zero-order valence-electron chi connectivity index (χ0n) is 13.5. The molecular formula is C18H28N2O. The first-order valence-electron chi connectivity index (χ1n) is 8.14. The first-order chi connectivity index (χ1) is 10.1.